The first-order valence-corrected chi connectivity index (χ1v) is 5.86. The van der Waals surface area contributed by atoms with Crippen LogP contribution in [0.25, 0.3) is 0 Å². The largest absolute Gasteiger partial charge is 0.382 e. The Morgan fingerprint density at radius 3 is 3.00 bits per heavy atom. The highest BCUT2D eigenvalue weighted by Crippen LogP contribution is 2.10. The molecule has 0 aliphatic carbocycles. The van der Waals surface area contributed by atoms with Crippen molar-refractivity contribution in [2.75, 3.05) is 11.9 Å². The lowest BCUT2D eigenvalue weighted by Gasteiger charge is -2.15. The van der Waals surface area contributed by atoms with Crippen LogP contribution in [0.15, 0.2) is 23.2 Å². The van der Waals surface area contributed by atoms with E-state index in [-0.39, 0.29) is 5.84 Å². The van der Waals surface area contributed by atoms with Gasteiger partial charge in [-0.15, -0.1) is 11.3 Å². The third-order valence-electron chi connectivity index (χ3n) is 2.14. The zero-order valence-corrected chi connectivity index (χ0v) is 10.1. The van der Waals surface area contributed by atoms with E-state index in [0.717, 1.165) is 5.69 Å². The third-order valence-corrected chi connectivity index (χ3v) is 2.78. The molecule has 0 radical (unpaired) electrons. The van der Waals surface area contributed by atoms with E-state index in [1.54, 1.807) is 29.1 Å². The Balaban J connectivity index is 2.16. The summed E-state index contributed by atoms with van der Waals surface area (Å²) in [4.78, 5) is 14.4. The smallest absolute Gasteiger partial charge is 0.226 e. The number of nitrogens with zero attached hydrogens (tertiary/aromatic N) is 4. The van der Waals surface area contributed by atoms with Gasteiger partial charge >= 0.3 is 0 Å². The fraction of sp³-hybridized carbons (Fsp3) is 0.200. The highest BCUT2D eigenvalue weighted by Gasteiger charge is 2.08. The van der Waals surface area contributed by atoms with Crippen molar-refractivity contribution in [3.8, 4) is 0 Å². The molecule has 0 saturated heterocycles. The van der Waals surface area contributed by atoms with Crippen LogP contribution in [0.2, 0.25) is 0 Å². The van der Waals surface area contributed by atoms with E-state index in [2.05, 4.69) is 15.0 Å². The first kappa shape index (κ1) is 11.5. The van der Waals surface area contributed by atoms with Gasteiger partial charge in [0.05, 0.1) is 17.7 Å². The topological polar surface area (TPSA) is 91.8 Å². The lowest BCUT2D eigenvalue weighted by atomic mass is 10.4. The number of rotatable bonds is 4. The molecule has 0 aliphatic rings. The van der Waals surface area contributed by atoms with Gasteiger partial charge in [-0.1, -0.05) is 0 Å². The highest BCUT2D eigenvalue weighted by molar-refractivity contribution is 7.07. The van der Waals surface area contributed by atoms with Crippen LogP contribution in [0.5, 0.6) is 0 Å². The minimum Gasteiger partial charge on any atom is -0.382 e. The molecule has 6 nitrogen and oxygen atoms in total. The predicted molar refractivity (Wildman–Crippen MR) is 67.3 cm³/mol. The Kier molecular flexibility index (Phi) is 3.29. The van der Waals surface area contributed by atoms with Crippen molar-refractivity contribution in [1.29, 1.82) is 5.41 Å². The SMILES string of the molecule is CN(Cc1cscn1)c1nccc(C(=N)N)n1. The molecule has 0 fully saturated rings. The van der Waals surface area contributed by atoms with Gasteiger partial charge in [0.25, 0.3) is 0 Å². The monoisotopic (exact) mass is 248 g/mol. The van der Waals surface area contributed by atoms with Crippen molar-refractivity contribution in [3.63, 3.8) is 0 Å². The fourth-order valence-corrected chi connectivity index (χ4v) is 1.86. The van der Waals surface area contributed by atoms with Crippen molar-refractivity contribution in [2.45, 2.75) is 6.54 Å². The summed E-state index contributed by atoms with van der Waals surface area (Å²) in [7, 11) is 1.87. The van der Waals surface area contributed by atoms with E-state index >= 15 is 0 Å². The lowest BCUT2D eigenvalue weighted by Crippen LogP contribution is -2.21. The minimum atomic E-state index is -0.0595. The Morgan fingerprint density at radius 2 is 2.35 bits per heavy atom. The van der Waals surface area contributed by atoms with E-state index in [0.29, 0.717) is 18.2 Å². The number of anilines is 1. The molecule has 0 unspecified atom stereocenters. The Morgan fingerprint density at radius 1 is 1.53 bits per heavy atom. The Bertz CT molecular complexity index is 509. The number of thiazole rings is 1. The lowest BCUT2D eigenvalue weighted by molar-refractivity contribution is 0.845. The zero-order chi connectivity index (χ0) is 12.3. The first-order chi connectivity index (χ1) is 8.16. The Labute approximate surface area is 103 Å². The second-order valence-electron chi connectivity index (χ2n) is 3.49. The van der Waals surface area contributed by atoms with Crippen molar-refractivity contribution in [3.05, 3.63) is 34.5 Å². The number of hydrogen-bond acceptors (Lipinski definition) is 6. The molecule has 0 saturated carbocycles. The van der Waals surface area contributed by atoms with Crippen molar-refractivity contribution in [1.82, 2.24) is 15.0 Å². The molecule has 17 heavy (non-hydrogen) atoms. The second kappa shape index (κ2) is 4.88. The van der Waals surface area contributed by atoms with Gasteiger partial charge in [-0.25, -0.2) is 15.0 Å². The van der Waals surface area contributed by atoms with Gasteiger partial charge in [-0.05, 0) is 6.07 Å². The molecule has 2 aromatic rings. The molecule has 0 aromatic carbocycles. The van der Waals surface area contributed by atoms with E-state index < -0.39 is 0 Å². The molecule has 0 spiro atoms. The van der Waals surface area contributed by atoms with Crippen LogP contribution in [0, 0.1) is 5.41 Å². The fourth-order valence-electron chi connectivity index (χ4n) is 1.31. The van der Waals surface area contributed by atoms with Gasteiger partial charge in [-0.2, -0.15) is 0 Å². The average Bonchev–Trinajstić information content (AvgIpc) is 2.82. The van der Waals surface area contributed by atoms with Crippen LogP contribution in [-0.2, 0) is 6.54 Å². The van der Waals surface area contributed by atoms with E-state index in [1.807, 2.05) is 17.3 Å². The van der Waals surface area contributed by atoms with Crippen LogP contribution in [-0.4, -0.2) is 27.8 Å². The normalized spacial score (nSPS) is 10.2. The maximum atomic E-state index is 7.33. The molecule has 2 heterocycles. The van der Waals surface area contributed by atoms with Crippen LogP contribution in [0.1, 0.15) is 11.4 Å². The number of aromatic nitrogens is 3. The summed E-state index contributed by atoms with van der Waals surface area (Å²) in [5.41, 5.74) is 8.57. The molecule has 0 amide bonds. The quantitative estimate of drug-likeness (QED) is 0.618. The zero-order valence-electron chi connectivity index (χ0n) is 9.29. The van der Waals surface area contributed by atoms with E-state index in [4.69, 9.17) is 11.1 Å². The van der Waals surface area contributed by atoms with Crippen molar-refractivity contribution >= 4 is 23.1 Å². The summed E-state index contributed by atoms with van der Waals surface area (Å²) in [5, 5.41) is 9.31. The standard InChI is InChI=1S/C10H12N6S/c1-16(4-7-5-17-6-14-7)10-13-3-2-8(15-10)9(11)12/h2-3,5-6H,4H2,1H3,(H3,11,12). The summed E-state index contributed by atoms with van der Waals surface area (Å²) in [5.74, 6) is 0.474. The first-order valence-electron chi connectivity index (χ1n) is 4.92. The molecule has 2 aromatic heterocycles. The van der Waals surface area contributed by atoms with Crippen molar-refractivity contribution in [2.24, 2.45) is 5.73 Å². The van der Waals surface area contributed by atoms with Crippen LogP contribution in [0.4, 0.5) is 5.95 Å². The van der Waals surface area contributed by atoms with Crippen LogP contribution in [0.3, 0.4) is 0 Å². The number of nitrogens with two attached hydrogens (primary N) is 1. The number of nitrogen functional groups attached to an aromatic ring is 1. The maximum Gasteiger partial charge on any atom is 0.226 e. The van der Waals surface area contributed by atoms with Gasteiger partial charge < -0.3 is 10.6 Å². The number of amidine groups is 1. The summed E-state index contributed by atoms with van der Waals surface area (Å²) in [6.07, 6.45) is 1.59. The highest BCUT2D eigenvalue weighted by atomic mass is 32.1. The van der Waals surface area contributed by atoms with E-state index in [9.17, 15) is 0 Å². The average molecular weight is 248 g/mol. The Hall–Kier alpha value is -2.02. The van der Waals surface area contributed by atoms with Crippen molar-refractivity contribution < 1.29 is 0 Å². The number of nitrogens with one attached hydrogen (secondary N) is 1. The molecule has 7 heteroatoms. The summed E-state index contributed by atoms with van der Waals surface area (Å²) in [6, 6.07) is 1.61. The van der Waals surface area contributed by atoms with Gasteiger partial charge in [0.2, 0.25) is 5.95 Å². The van der Waals surface area contributed by atoms with Crippen LogP contribution < -0.4 is 10.6 Å². The molecule has 0 bridgehead atoms. The third kappa shape index (κ3) is 2.76. The molecular formula is C10H12N6S. The second-order valence-corrected chi connectivity index (χ2v) is 4.21. The summed E-state index contributed by atoms with van der Waals surface area (Å²) >= 11 is 1.55. The number of hydrogen-bond donors (Lipinski definition) is 2. The molecular weight excluding hydrogens is 236 g/mol. The summed E-state index contributed by atoms with van der Waals surface area (Å²) < 4.78 is 0. The molecule has 2 rings (SSSR count). The molecule has 0 atom stereocenters. The molecule has 88 valence electrons. The molecule has 3 N–H and O–H groups in total. The minimum absolute atomic E-state index is 0.0595. The van der Waals surface area contributed by atoms with Gasteiger partial charge in [0.1, 0.15) is 11.5 Å². The molecule has 0 aliphatic heterocycles. The predicted octanol–water partition coefficient (Wildman–Crippen LogP) is 0.854. The van der Waals surface area contributed by atoms with Gasteiger partial charge in [0.15, 0.2) is 0 Å². The van der Waals surface area contributed by atoms with Crippen LogP contribution >= 0.6 is 11.3 Å². The van der Waals surface area contributed by atoms with Gasteiger partial charge in [-0.3, -0.25) is 5.41 Å². The van der Waals surface area contributed by atoms with Gasteiger partial charge in [0, 0.05) is 18.6 Å². The van der Waals surface area contributed by atoms with E-state index in [1.165, 1.54) is 0 Å². The maximum absolute atomic E-state index is 7.33. The summed E-state index contributed by atoms with van der Waals surface area (Å²) in [6.45, 7) is 0.630.